The Bertz CT molecular complexity index is 399. The van der Waals surface area contributed by atoms with Gasteiger partial charge in [0.25, 0.3) is 0 Å². The molecule has 0 bridgehead atoms. The molecule has 1 aromatic carbocycles. The summed E-state index contributed by atoms with van der Waals surface area (Å²) >= 11 is 3.24. The lowest BCUT2D eigenvalue weighted by molar-refractivity contribution is -0.0276. The van der Waals surface area contributed by atoms with E-state index in [4.69, 9.17) is 4.74 Å². The van der Waals surface area contributed by atoms with Gasteiger partial charge in [0.2, 0.25) is 0 Å². The fourth-order valence-electron chi connectivity index (χ4n) is 2.44. The maximum Gasteiger partial charge on any atom is 0.137 e. The van der Waals surface area contributed by atoms with E-state index >= 15 is 0 Å². The lowest BCUT2D eigenvalue weighted by Crippen LogP contribution is -2.31. The zero-order valence-electron chi connectivity index (χ0n) is 10.6. The van der Waals surface area contributed by atoms with Crippen LogP contribution in [0, 0.1) is 11.7 Å². The van der Waals surface area contributed by atoms with E-state index in [1.807, 2.05) is 12.1 Å². The molecule has 2 rings (SSSR count). The highest BCUT2D eigenvalue weighted by atomic mass is 79.9. The van der Waals surface area contributed by atoms with E-state index < -0.39 is 0 Å². The minimum Gasteiger partial charge on any atom is -0.373 e. The molecule has 0 saturated carbocycles. The van der Waals surface area contributed by atoms with Gasteiger partial charge in [-0.1, -0.05) is 13.0 Å². The van der Waals surface area contributed by atoms with Crippen molar-refractivity contribution in [3.8, 4) is 0 Å². The molecular formula is C14H19BrFNO. The van der Waals surface area contributed by atoms with Gasteiger partial charge in [0.15, 0.2) is 0 Å². The summed E-state index contributed by atoms with van der Waals surface area (Å²) < 4.78 is 19.7. The van der Waals surface area contributed by atoms with Crippen molar-refractivity contribution < 1.29 is 9.13 Å². The quantitative estimate of drug-likeness (QED) is 0.915. The van der Waals surface area contributed by atoms with Crippen LogP contribution in [0.2, 0.25) is 0 Å². The molecule has 1 aliphatic heterocycles. The van der Waals surface area contributed by atoms with Crippen molar-refractivity contribution in [2.75, 3.05) is 19.7 Å². The van der Waals surface area contributed by atoms with Crippen LogP contribution in [0.5, 0.6) is 0 Å². The van der Waals surface area contributed by atoms with Crippen molar-refractivity contribution >= 4 is 15.9 Å². The normalized spacial score (nSPS) is 24.2. The standard InChI is InChI=1S/C14H19BrFNO/c1-2-17-9-11-4-3-7-18-14(11)10-5-6-13(16)12(15)8-10/h5-6,8,11,14,17H,2-4,7,9H2,1H3. The second kappa shape index (κ2) is 6.64. The summed E-state index contributed by atoms with van der Waals surface area (Å²) in [5, 5.41) is 3.38. The third-order valence-electron chi connectivity index (χ3n) is 3.37. The van der Waals surface area contributed by atoms with E-state index in [9.17, 15) is 4.39 Å². The number of halogens is 2. The summed E-state index contributed by atoms with van der Waals surface area (Å²) in [6.45, 7) is 4.82. The topological polar surface area (TPSA) is 21.3 Å². The highest BCUT2D eigenvalue weighted by Crippen LogP contribution is 2.34. The van der Waals surface area contributed by atoms with Gasteiger partial charge in [-0.05, 0) is 53.0 Å². The Morgan fingerprint density at radius 1 is 1.50 bits per heavy atom. The van der Waals surface area contributed by atoms with Crippen molar-refractivity contribution in [2.24, 2.45) is 5.92 Å². The molecule has 4 heteroatoms. The molecule has 100 valence electrons. The molecular weight excluding hydrogens is 297 g/mol. The van der Waals surface area contributed by atoms with Gasteiger partial charge in [0.05, 0.1) is 10.6 Å². The highest BCUT2D eigenvalue weighted by Gasteiger charge is 2.27. The van der Waals surface area contributed by atoms with E-state index in [-0.39, 0.29) is 11.9 Å². The molecule has 1 saturated heterocycles. The highest BCUT2D eigenvalue weighted by molar-refractivity contribution is 9.10. The van der Waals surface area contributed by atoms with Crippen molar-refractivity contribution in [3.63, 3.8) is 0 Å². The Kier molecular flexibility index (Phi) is 5.15. The van der Waals surface area contributed by atoms with Crippen LogP contribution >= 0.6 is 15.9 Å². The lowest BCUT2D eigenvalue weighted by atomic mass is 9.89. The van der Waals surface area contributed by atoms with Gasteiger partial charge >= 0.3 is 0 Å². The van der Waals surface area contributed by atoms with Gasteiger partial charge < -0.3 is 10.1 Å². The molecule has 18 heavy (non-hydrogen) atoms. The monoisotopic (exact) mass is 315 g/mol. The molecule has 0 amide bonds. The molecule has 0 aliphatic carbocycles. The number of rotatable bonds is 4. The molecule has 1 fully saturated rings. The number of benzene rings is 1. The average molecular weight is 316 g/mol. The molecule has 1 aromatic rings. The van der Waals surface area contributed by atoms with E-state index in [2.05, 4.69) is 28.2 Å². The minimum absolute atomic E-state index is 0.0784. The second-order valence-corrected chi connectivity index (χ2v) is 5.53. The number of hydrogen-bond acceptors (Lipinski definition) is 2. The molecule has 1 aliphatic rings. The van der Waals surface area contributed by atoms with Crippen LogP contribution in [0.15, 0.2) is 22.7 Å². The van der Waals surface area contributed by atoms with Crippen LogP contribution in [0.1, 0.15) is 31.4 Å². The van der Waals surface area contributed by atoms with E-state index in [0.717, 1.165) is 38.1 Å². The summed E-state index contributed by atoms with van der Waals surface area (Å²) in [6.07, 6.45) is 2.34. The number of hydrogen-bond donors (Lipinski definition) is 1. The summed E-state index contributed by atoms with van der Waals surface area (Å²) in [7, 11) is 0. The Balaban J connectivity index is 2.14. The fraction of sp³-hybridized carbons (Fsp3) is 0.571. The molecule has 0 aromatic heterocycles. The number of ether oxygens (including phenoxy) is 1. The van der Waals surface area contributed by atoms with Crippen molar-refractivity contribution in [1.82, 2.24) is 5.32 Å². The maximum absolute atomic E-state index is 13.3. The Morgan fingerprint density at radius 2 is 2.33 bits per heavy atom. The molecule has 0 radical (unpaired) electrons. The van der Waals surface area contributed by atoms with Crippen LogP contribution in [0.3, 0.4) is 0 Å². The maximum atomic E-state index is 13.3. The smallest absolute Gasteiger partial charge is 0.137 e. The summed E-state index contributed by atoms with van der Waals surface area (Å²) in [5.74, 6) is 0.244. The van der Waals surface area contributed by atoms with E-state index in [1.165, 1.54) is 6.07 Å². The molecule has 0 spiro atoms. The van der Waals surface area contributed by atoms with Gasteiger partial charge in [-0.25, -0.2) is 4.39 Å². The first kappa shape index (κ1) is 14.0. The van der Waals surface area contributed by atoms with Crippen LogP contribution < -0.4 is 5.32 Å². The van der Waals surface area contributed by atoms with Crippen molar-refractivity contribution in [1.29, 1.82) is 0 Å². The third kappa shape index (κ3) is 3.31. The third-order valence-corrected chi connectivity index (χ3v) is 3.98. The lowest BCUT2D eigenvalue weighted by Gasteiger charge is -2.32. The molecule has 1 N–H and O–H groups in total. The fourth-order valence-corrected chi connectivity index (χ4v) is 2.84. The van der Waals surface area contributed by atoms with Gasteiger partial charge in [0.1, 0.15) is 5.82 Å². The predicted octanol–water partition coefficient (Wildman–Crippen LogP) is 3.67. The SMILES string of the molecule is CCNCC1CCCOC1c1ccc(F)c(Br)c1. The van der Waals surface area contributed by atoms with Crippen molar-refractivity contribution in [3.05, 3.63) is 34.1 Å². The van der Waals surface area contributed by atoms with E-state index in [1.54, 1.807) is 0 Å². The van der Waals surface area contributed by atoms with Crippen LogP contribution in [0.25, 0.3) is 0 Å². The minimum atomic E-state index is -0.224. The summed E-state index contributed by atoms with van der Waals surface area (Å²) in [5.41, 5.74) is 1.06. The zero-order chi connectivity index (χ0) is 13.0. The van der Waals surface area contributed by atoms with Crippen LogP contribution in [-0.2, 0) is 4.74 Å². The zero-order valence-corrected chi connectivity index (χ0v) is 12.2. The summed E-state index contributed by atoms with van der Waals surface area (Å²) in [6, 6.07) is 5.17. The van der Waals surface area contributed by atoms with Gasteiger partial charge in [0, 0.05) is 19.1 Å². The summed E-state index contributed by atoms with van der Waals surface area (Å²) in [4.78, 5) is 0. The van der Waals surface area contributed by atoms with E-state index in [0.29, 0.717) is 10.4 Å². The van der Waals surface area contributed by atoms with Crippen LogP contribution in [-0.4, -0.2) is 19.7 Å². The Hall–Kier alpha value is -0.450. The van der Waals surface area contributed by atoms with Crippen molar-refractivity contribution in [2.45, 2.75) is 25.9 Å². The largest absolute Gasteiger partial charge is 0.373 e. The van der Waals surface area contributed by atoms with Crippen LogP contribution in [0.4, 0.5) is 4.39 Å². The first-order valence-electron chi connectivity index (χ1n) is 6.49. The number of nitrogens with one attached hydrogen (secondary N) is 1. The average Bonchev–Trinajstić information content (AvgIpc) is 2.40. The molecule has 2 nitrogen and oxygen atoms in total. The Morgan fingerprint density at radius 3 is 3.06 bits per heavy atom. The first-order chi connectivity index (χ1) is 8.72. The predicted molar refractivity (Wildman–Crippen MR) is 74.1 cm³/mol. The Labute approximate surface area is 116 Å². The molecule has 2 unspecified atom stereocenters. The second-order valence-electron chi connectivity index (χ2n) is 4.67. The van der Waals surface area contributed by atoms with Gasteiger partial charge in [-0.2, -0.15) is 0 Å². The molecule has 2 atom stereocenters. The van der Waals surface area contributed by atoms with Gasteiger partial charge in [-0.3, -0.25) is 0 Å². The van der Waals surface area contributed by atoms with Gasteiger partial charge in [-0.15, -0.1) is 0 Å². The molecule has 1 heterocycles. The first-order valence-corrected chi connectivity index (χ1v) is 7.29.